The summed E-state index contributed by atoms with van der Waals surface area (Å²) in [5.41, 5.74) is 1.49. The van der Waals surface area contributed by atoms with E-state index in [0.717, 1.165) is 5.39 Å². The van der Waals surface area contributed by atoms with Crippen molar-refractivity contribution in [1.82, 2.24) is 0 Å². The van der Waals surface area contributed by atoms with E-state index in [1.54, 1.807) is 48.5 Å². The van der Waals surface area contributed by atoms with Crippen molar-refractivity contribution in [3.63, 3.8) is 0 Å². The molecule has 0 unspecified atom stereocenters. The number of halogens is 2. The molecule has 0 aliphatic rings. The smallest absolute Gasteiger partial charge is 0.291 e. The van der Waals surface area contributed by atoms with E-state index in [2.05, 4.69) is 5.32 Å². The lowest BCUT2D eigenvalue weighted by molar-refractivity contribution is 0.0998. The van der Waals surface area contributed by atoms with Gasteiger partial charge in [-0.1, -0.05) is 53.5 Å². The predicted octanol–water partition coefficient (Wildman–Crippen LogP) is 6.22. The molecule has 0 atom stereocenters. The van der Waals surface area contributed by atoms with Crippen LogP contribution in [-0.2, 0) is 0 Å². The molecule has 0 fully saturated rings. The molecule has 3 aromatic carbocycles. The average molecular weight is 410 g/mol. The summed E-state index contributed by atoms with van der Waals surface area (Å²) in [5, 5.41) is 4.24. The van der Waals surface area contributed by atoms with Crippen molar-refractivity contribution in [2.45, 2.75) is 0 Å². The quantitative estimate of drug-likeness (QED) is 0.406. The van der Waals surface area contributed by atoms with Gasteiger partial charge in [0.15, 0.2) is 11.5 Å². The van der Waals surface area contributed by atoms with Gasteiger partial charge in [-0.15, -0.1) is 0 Å². The van der Waals surface area contributed by atoms with Gasteiger partial charge in [0.1, 0.15) is 5.58 Å². The van der Waals surface area contributed by atoms with Crippen LogP contribution in [0.25, 0.3) is 11.0 Å². The Bertz CT molecular complexity index is 1180. The normalized spacial score (nSPS) is 10.8. The maximum Gasteiger partial charge on any atom is 0.291 e. The highest BCUT2D eigenvalue weighted by atomic mass is 35.5. The summed E-state index contributed by atoms with van der Waals surface area (Å²) in [6, 6.07) is 20.3. The third kappa shape index (κ3) is 3.52. The first-order valence-electron chi connectivity index (χ1n) is 8.41. The topological polar surface area (TPSA) is 59.3 Å². The van der Waals surface area contributed by atoms with Gasteiger partial charge >= 0.3 is 0 Å². The van der Waals surface area contributed by atoms with Crippen LogP contribution < -0.4 is 5.32 Å². The lowest BCUT2D eigenvalue weighted by atomic mass is 10.0. The number of benzene rings is 3. The Kier molecular flexibility index (Phi) is 4.90. The number of furan rings is 1. The zero-order valence-electron chi connectivity index (χ0n) is 14.4. The van der Waals surface area contributed by atoms with Crippen LogP contribution in [0.3, 0.4) is 0 Å². The number of rotatable bonds is 4. The maximum absolute atomic E-state index is 13.0. The number of fused-ring (bicyclic) bond motifs is 1. The van der Waals surface area contributed by atoms with Gasteiger partial charge in [0.2, 0.25) is 0 Å². The maximum atomic E-state index is 13.0. The molecule has 6 heteroatoms. The molecule has 1 aromatic heterocycles. The van der Waals surface area contributed by atoms with E-state index in [1.807, 2.05) is 18.2 Å². The van der Waals surface area contributed by atoms with Gasteiger partial charge in [-0.3, -0.25) is 9.59 Å². The Labute approximate surface area is 170 Å². The molecular formula is C22H13Cl2NO3. The number of hydrogen-bond donors (Lipinski definition) is 1. The second-order valence-electron chi connectivity index (χ2n) is 6.10. The lowest BCUT2D eigenvalue weighted by Crippen LogP contribution is -2.15. The van der Waals surface area contributed by atoms with E-state index in [0.29, 0.717) is 26.9 Å². The lowest BCUT2D eigenvalue weighted by Gasteiger charge is -2.11. The molecule has 1 N–H and O–H groups in total. The fourth-order valence-electron chi connectivity index (χ4n) is 2.88. The summed E-state index contributed by atoms with van der Waals surface area (Å²) in [6.45, 7) is 0. The largest absolute Gasteiger partial charge is 0.451 e. The van der Waals surface area contributed by atoms with Crippen molar-refractivity contribution in [3.05, 3.63) is 99.7 Å². The molecule has 28 heavy (non-hydrogen) atoms. The van der Waals surface area contributed by atoms with Gasteiger partial charge in [-0.05, 0) is 42.5 Å². The zero-order chi connectivity index (χ0) is 19.7. The van der Waals surface area contributed by atoms with Gasteiger partial charge < -0.3 is 9.73 Å². The summed E-state index contributed by atoms with van der Waals surface area (Å²) in [7, 11) is 0. The summed E-state index contributed by atoms with van der Waals surface area (Å²) < 4.78 is 5.59. The van der Waals surface area contributed by atoms with Crippen molar-refractivity contribution in [3.8, 4) is 0 Å². The Hall–Kier alpha value is -3.08. The van der Waals surface area contributed by atoms with Gasteiger partial charge in [0, 0.05) is 21.5 Å². The second kappa shape index (κ2) is 7.50. The van der Waals surface area contributed by atoms with Crippen molar-refractivity contribution in [1.29, 1.82) is 0 Å². The molecule has 4 rings (SSSR count). The molecule has 0 saturated heterocycles. The first-order chi connectivity index (χ1) is 13.5. The predicted molar refractivity (Wildman–Crippen MR) is 111 cm³/mol. The first-order valence-corrected chi connectivity index (χ1v) is 9.17. The standard InChI is InChI=1S/C22H13Cl2NO3/c23-14-9-10-18(16(12-14)21(26)15-6-2-3-7-17(15)24)25-22(27)20-11-13-5-1-4-8-19(13)28-20/h1-12H,(H,25,27). The minimum atomic E-state index is -0.466. The molecule has 138 valence electrons. The fraction of sp³-hybridized carbons (Fsp3) is 0. The SMILES string of the molecule is O=C(Nc1ccc(Cl)cc1C(=O)c1ccccc1Cl)c1cc2ccccc2o1. The van der Waals surface area contributed by atoms with E-state index >= 15 is 0 Å². The molecule has 4 aromatic rings. The number of anilines is 1. The number of carbonyl (C=O) groups is 2. The first kappa shape index (κ1) is 18.3. The summed E-state index contributed by atoms with van der Waals surface area (Å²) >= 11 is 12.2. The van der Waals surface area contributed by atoms with Crippen molar-refractivity contribution >= 4 is 51.5 Å². The molecule has 0 aliphatic carbocycles. The van der Waals surface area contributed by atoms with E-state index in [9.17, 15) is 9.59 Å². The van der Waals surface area contributed by atoms with E-state index in [-0.39, 0.29) is 17.1 Å². The van der Waals surface area contributed by atoms with Crippen LogP contribution in [0.2, 0.25) is 10.0 Å². The van der Waals surface area contributed by atoms with E-state index < -0.39 is 5.91 Å². The minimum absolute atomic E-state index is 0.146. The monoisotopic (exact) mass is 409 g/mol. The Morgan fingerprint density at radius 3 is 2.36 bits per heavy atom. The van der Waals surface area contributed by atoms with Gasteiger partial charge in [-0.2, -0.15) is 0 Å². The Morgan fingerprint density at radius 2 is 1.57 bits per heavy atom. The summed E-state index contributed by atoms with van der Waals surface area (Å²) in [4.78, 5) is 25.7. The molecule has 0 saturated carbocycles. The molecule has 0 bridgehead atoms. The third-order valence-electron chi connectivity index (χ3n) is 4.24. The van der Waals surface area contributed by atoms with Crippen LogP contribution in [0.5, 0.6) is 0 Å². The van der Waals surface area contributed by atoms with E-state index in [1.165, 1.54) is 6.07 Å². The summed E-state index contributed by atoms with van der Waals surface area (Å²) in [5.74, 6) is -0.660. The average Bonchev–Trinajstić information content (AvgIpc) is 3.13. The highest BCUT2D eigenvalue weighted by Gasteiger charge is 2.20. The van der Waals surface area contributed by atoms with Crippen molar-refractivity contribution < 1.29 is 14.0 Å². The molecule has 4 nitrogen and oxygen atoms in total. The molecule has 1 heterocycles. The number of amides is 1. The van der Waals surface area contributed by atoms with Crippen LogP contribution in [0.4, 0.5) is 5.69 Å². The van der Waals surface area contributed by atoms with Crippen LogP contribution in [0.1, 0.15) is 26.5 Å². The van der Waals surface area contributed by atoms with Crippen LogP contribution >= 0.6 is 23.2 Å². The zero-order valence-corrected chi connectivity index (χ0v) is 15.9. The molecule has 0 radical (unpaired) electrons. The number of hydrogen-bond acceptors (Lipinski definition) is 3. The van der Waals surface area contributed by atoms with Crippen molar-refractivity contribution in [2.24, 2.45) is 0 Å². The number of para-hydroxylation sites is 1. The molecule has 1 amide bonds. The van der Waals surface area contributed by atoms with Crippen LogP contribution in [0, 0.1) is 0 Å². The van der Waals surface area contributed by atoms with Crippen molar-refractivity contribution in [2.75, 3.05) is 5.32 Å². The Balaban J connectivity index is 1.69. The summed E-state index contributed by atoms with van der Waals surface area (Å²) in [6.07, 6.45) is 0. The molecular weight excluding hydrogens is 397 g/mol. The number of ketones is 1. The fourth-order valence-corrected chi connectivity index (χ4v) is 3.28. The van der Waals surface area contributed by atoms with Crippen LogP contribution in [0.15, 0.2) is 77.2 Å². The second-order valence-corrected chi connectivity index (χ2v) is 6.95. The van der Waals surface area contributed by atoms with E-state index in [4.69, 9.17) is 27.6 Å². The third-order valence-corrected chi connectivity index (χ3v) is 4.81. The highest BCUT2D eigenvalue weighted by molar-refractivity contribution is 6.36. The number of nitrogens with one attached hydrogen (secondary N) is 1. The number of carbonyl (C=O) groups excluding carboxylic acids is 2. The van der Waals surface area contributed by atoms with Gasteiger partial charge in [0.05, 0.1) is 10.7 Å². The highest BCUT2D eigenvalue weighted by Crippen LogP contribution is 2.27. The van der Waals surface area contributed by atoms with Gasteiger partial charge in [-0.25, -0.2) is 0 Å². The molecule has 0 aliphatic heterocycles. The Morgan fingerprint density at radius 1 is 0.821 bits per heavy atom. The van der Waals surface area contributed by atoms with Gasteiger partial charge in [0.25, 0.3) is 5.91 Å². The molecule has 0 spiro atoms. The minimum Gasteiger partial charge on any atom is -0.451 e. The van der Waals surface area contributed by atoms with Crippen LogP contribution in [-0.4, -0.2) is 11.7 Å².